The Morgan fingerprint density at radius 1 is 1.45 bits per heavy atom. The number of hydrogen-bond donors (Lipinski definition) is 0. The van der Waals surface area contributed by atoms with Crippen molar-refractivity contribution >= 4 is 0 Å². The second kappa shape index (κ2) is 4.38. The number of hydrogen-bond acceptors (Lipinski definition) is 0. The molecule has 0 spiro atoms. The van der Waals surface area contributed by atoms with Crippen LogP contribution in [0.15, 0.2) is 23.8 Å². The second-order valence-corrected chi connectivity index (χ2v) is 3.48. The predicted molar refractivity (Wildman–Crippen MR) is 50.5 cm³/mol. The molecule has 0 N–H and O–H groups in total. The lowest BCUT2D eigenvalue weighted by molar-refractivity contribution is 0.560. The second-order valence-electron chi connectivity index (χ2n) is 3.48. The van der Waals surface area contributed by atoms with Crippen LogP contribution >= 0.6 is 0 Å². The van der Waals surface area contributed by atoms with Gasteiger partial charge in [-0.3, -0.25) is 0 Å². The van der Waals surface area contributed by atoms with Crippen LogP contribution in [0.2, 0.25) is 0 Å². The van der Waals surface area contributed by atoms with E-state index < -0.39 is 0 Å². The van der Waals surface area contributed by atoms with Crippen molar-refractivity contribution in [2.24, 2.45) is 5.92 Å². The normalized spacial score (nSPS) is 19.6. The summed E-state index contributed by atoms with van der Waals surface area (Å²) < 4.78 is 0. The molecule has 0 nitrogen and oxygen atoms in total. The minimum Gasteiger partial charge on any atom is -0.0840 e. The van der Waals surface area contributed by atoms with Crippen molar-refractivity contribution in [3.63, 3.8) is 0 Å². The molecular weight excluding hydrogens is 132 g/mol. The van der Waals surface area contributed by atoms with Crippen molar-refractivity contribution in [2.75, 3.05) is 0 Å². The molecule has 0 aromatic heterocycles. The molecule has 1 rings (SSSR count). The maximum atomic E-state index is 2.38. The standard InChI is InChI=1S/C11H18/c1-3-10(2)9-11-7-5-4-6-8-11/h5,7-8,10H,3-4,6,9H2,1-2H3. The van der Waals surface area contributed by atoms with E-state index in [1.165, 1.54) is 25.7 Å². The van der Waals surface area contributed by atoms with Crippen molar-refractivity contribution in [3.8, 4) is 0 Å². The molecule has 1 atom stereocenters. The van der Waals surface area contributed by atoms with Gasteiger partial charge in [-0.1, -0.05) is 44.1 Å². The van der Waals surface area contributed by atoms with Gasteiger partial charge < -0.3 is 0 Å². The topological polar surface area (TPSA) is 0 Å². The molecular formula is C11H18. The number of rotatable bonds is 3. The maximum absolute atomic E-state index is 2.38. The largest absolute Gasteiger partial charge is 0.0840 e. The molecule has 0 heterocycles. The highest BCUT2D eigenvalue weighted by atomic mass is 14.1. The SMILES string of the molecule is CCC(C)CC1=CCCC=C1. The van der Waals surface area contributed by atoms with Crippen LogP contribution in [0.3, 0.4) is 0 Å². The lowest BCUT2D eigenvalue weighted by Gasteiger charge is -2.11. The highest BCUT2D eigenvalue weighted by molar-refractivity contribution is 5.22. The van der Waals surface area contributed by atoms with Crippen molar-refractivity contribution in [1.82, 2.24) is 0 Å². The van der Waals surface area contributed by atoms with Gasteiger partial charge in [0, 0.05) is 0 Å². The highest BCUT2D eigenvalue weighted by Gasteiger charge is 2.02. The van der Waals surface area contributed by atoms with E-state index in [0.29, 0.717) is 0 Å². The van der Waals surface area contributed by atoms with Gasteiger partial charge in [0.15, 0.2) is 0 Å². The molecule has 0 aromatic rings. The third-order valence-corrected chi connectivity index (χ3v) is 2.35. The molecule has 11 heavy (non-hydrogen) atoms. The fourth-order valence-electron chi connectivity index (χ4n) is 1.37. The molecule has 0 aromatic carbocycles. The summed E-state index contributed by atoms with van der Waals surface area (Å²) in [6.07, 6.45) is 12.0. The Morgan fingerprint density at radius 3 is 2.82 bits per heavy atom. The fraction of sp³-hybridized carbons (Fsp3) is 0.636. The van der Waals surface area contributed by atoms with Gasteiger partial charge in [0.2, 0.25) is 0 Å². The molecule has 62 valence electrons. The Labute approximate surface area is 70.0 Å². The van der Waals surface area contributed by atoms with Gasteiger partial charge in [-0.15, -0.1) is 0 Å². The molecule has 1 aliphatic rings. The zero-order valence-corrected chi connectivity index (χ0v) is 7.64. The smallest absolute Gasteiger partial charge is 0.0256 e. The Balaban J connectivity index is 2.36. The molecule has 0 aliphatic heterocycles. The first-order valence-electron chi connectivity index (χ1n) is 4.68. The van der Waals surface area contributed by atoms with Crippen LogP contribution in [0, 0.1) is 5.92 Å². The number of allylic oxidation sites excluding steroid dienone is 4. The zero-order chi connectivity index (χ0) is 8.10. The molecule has 1 aliphatic carbocycles. The summed E-state index contributed by atoms with van der Waals surface area (Å²) in [5, 5.41) is 0. The van der Waals surface area contributed by atoms with Gasteiger partial charge in [0.1, 0.15) is 0 Å². The van der Waals surface area contributed by atoms with Crippen LogP contribution in [0.1, 0.15) is 39.5 Å². The highest BCUT2D eigenvalue weighted by Crippen LogP contribution is 2.19. The molecule has 0 amide bonds. The van der Waals surface area contributed by atoms with E-state index in [1.54, 1.807) is 5.57 Å². The molecule has 0 heteroatoms. The van der Waals surface area contributed by atoms with Crippen molar-refractivity contribution in [2.45, 2.75) is 39.5 Å². The van der Waals surface area contributed by atoms with Crippen molar-refractivity contribution in [1.29, 1.82) is 0 Å². The Morgan fingerprint density at radius 2 is 2.27 bits per heavy atom. The van der Waals surface area contributed by atoms with E-state index in [2.05, 4.69) is 32.1 Å². The van der Waals surface area contributed by atoms with Gasteiger partial charge in [0.05, 0.1) is 0 Å². The average Bonchev–Trinajstić information content (AvgIpc) is 2.06. The van der Waals surface area contributed by atoms with Crippen LogP contribution in [-0.4, -0.2) is 0 Å². The van der Waals surface area contributed by atoms with Crippen LogP contribution in [-0.2, 0) is 0 Å². The lowest BCUT2D eigenvalue weighted by Crippen LogP contribution is -1.95. The quantitative estimate of drug-likeness (QED) is 0.575. The third-order valence-electron chi connectivity index (χ3n) is 2.35. The third kappa shape index (κ3) is 2.92. The van der Waals surface area contributed by atoms with Crippen LogP contribution < -0.4 is 0 Å². The lowest BCUT2D eigenvalue weighted by atomic mass is 9.95. The summed E-state index contributed by atoms with van der Waals surface area (Å²) in [4.78, 5) is 0. The van der Waals surface area contributed by atoms with Gasteiger partial charge in [-0.2, -0.15) is 0 Å². The summed E-state index contributed by atoms with van der Waals surface area (Å²) in [6.45, 7) is 4.58. The summed E-state index contributed by atoms with van der Waals surface area (Å²) in [5.74, 6) is 0.851. The molecule has 0 radical (unpaired) electrons. The molecule has 0 saturated heterocycles. The minimum atomic E-state index is 0.851. The van der Waals surface area contributed by atoms with Gasteiger partial charge in [0.25, 0.3) is 0 Å². The summed E-state index contributed by atoms with van der Waals surface area (Å²) >= 11 is 0. The Bertz CT molecular complexity index is 163. The van der Waals surface area contributed by atoms with Crippen molar-refractivity contribution in [3.05, 3.63) is 23.8 Å². The molecule has 0 fully saturated rings. The first kappa shape index (κ1) is 8.58. The van der Waals surface area contributed by atoms with Gasteiger partial charge >= 0.3 is 0 Å². The average molecular weight is 150 g/mol. The summed E-state index contributed by atoms with van der Waals surface area (Å²) in [5.41, 5.74) is 1.55. The van der Waals surface area contributed by atoms with E-state index in [0.717, 1.165) is 5.92 Å². The Kier molecular flexibility index (Phi) is 3.41. The van der Waals surface area contributed by atoms with Crippen LogP contribution in [0.5, 0.6) is 0 Å². The Hall–Kier alpha value is -0.520. The maximum Gasteiger partial charge on any atom is -0.0256 e. The monoisotopic (exact) mass is 150 g/mol. The van der Waals surface area contributed by atoms with Crippen molar-refractivity contribution < 1.29 is 0 Å². The molecule has 0 bridgehead atoms. The zero-order valence-electron chi connectivity index (χ0n) is 7.64. The van der Waals surface area contributed by atoms with Crippen LogP contribution in [0.4, 0.5) is 0 Å². The first-order chi connectivity index (χ1) is 5.33. The van der Waals surface area contributed by atoms with E-state index in [4.69, 9.17) is 0 Å². The molecule has 1 unspecified atom stereocenters. The minimum absolute atomic E-state index is 0.851. The van der Waals surface area contributed by atoms with Gasteiger partial charge in [-0.25, -0.2) is 0 Å². The van der Waals surface area contributed by atoms with Crippen LogP contribution in [0.25, 0.3) is 0 Å². The summed E-state index contributed by atoms with van der Waals surface area (Å²) in [6, 6.07) is 0. The fourth-order valence-corrected chi connectivity index (χ4v) is 1.37. The van der Waals surface area contributed by atoms with Gasteiger partial charge in [-0.05, 0) is 25.2 Å². The van der Waals surface area contributed by atoms with E-state index >= 15 is 0 Å². The summed E-state index contributed by atoms with van der Waals surface area (Å²) in [7, 11) is 0. The molecule has 0 saturated carbocycles. The van der Waals surface area contributed by atoms with E-state index in [1.807, 2.05) is 0 Å². The van der Waals surface area contributed by atoms with E-state index in [9.17, 15) is 0 Å². The van der Waals surface area contributed by atoms with E-state index in [-0.39, 0.29) is 0 Å². The predicted octanol–water partition coefficient (Wildman–Crippen LogP) is 3.70. The first-order valence-corrected chi connectivity index (χ1v) is 4.68.